The van der Waals surface area contributed by atoms with Crippen molar-refractivity contribution < 1.29 is 15.0 Å². The molecule has 1 aromatic carbocycles. The summed E-state index contributed by atoms with van der Waals surface area (Å²) in [4.78, 5) is 45.9. The van der Waals surface area contributed by atoms with Gasteiger partial charge in [-0.2, -0.15) is 4.98 Å². The Morgan fingerprint density at radius 1 is 1.02 bits per heavy atom. The van der Waals surface area contributed by atoms with Crippen LogP contribution in [0.15, 0.2) is 60.0 Å². The third-order valence-electron chi connectivity index (χ3n) is 11.9. The fourth-order valence-corrected chi connectivity index (χ4v) is 8.83. The smallest absolute Gasteiger partial charge is 0.317 e. The number of nitrogens with one attached hydrogen (secondary N) is 1. The number of aromatic nitrogens is 5. The van der Waals surface area contributed by atoms with Crippen LogP contribution in [-0.2, 0) is 23.4 Å². The van der Waals surface area contributed by atoms with Crippen LogP contribution < -0.4 is 15.8 Å². The van der Waals surface area contributed by atoms with Crippen molar-refractivity contribution in [3.8, 4) is 5.82 Å². The summed E-state index contributed by atoms with van der Waals surface area (Å²) >= 11 is 0. The van der Waals surface area contributed by atoms with Gasteiger partial charge in [-0.25, -0.2) is 19.3 Å². The van der Waals surface area contributed by atoms with Crippen molar-refractivity contribution in [1.82, 2.24) is 34.1 Å². The maximum absolute atomic E-state index is 13.5. The molecule has 0 amide bonds. The molecule has 4 aromatic rings. The average Bonchev–Trinajstić information content (AvgIpc) is 3.60. The van der Waals surface area contributed by atoms with E-state index >= 15 is 0 Å². The van der Waals surface area contributed by atoms with Gasteiger partial charge in [-0.1, -0.05) is 19.1 Å². The first-order chi connectivity index (χ1) is 24.7. The Morgan fingerprint density at radius 3 is 2.45 bits per heavy atom. The van der Waals surface area contributed by atoms with Crippen molar-refractivity contribution in [1.29, 1.82) is 0 Å². The maximum Gasteiger partial charge on any atom is 0.317 e. The van der Waals surface area contributed by atoms with Crippen molar-refractivity contribution in [2.75, 3.05) is 56.0 Å². The van der Waals surface area contributed by atoms with Crippen LogP contribution >= 0.6 is 0 Å². The van der Waals surface area contributed by atoms with Crippen LogP contribution in [0.25, 0.3) is 16.9 Å². The third kappa shape index (κ3) is 6.21. The van der Waals surface area contributed by atoms with Gasteiger partial charge < -0.3 is 20.4 Å². The Bertz CT molecular complexity index is 2000. The highest BCUT2D eigenvalue weighted by Crippen LogP contribution is 2.51. The second-order valence-corrected chi connectivity index (χ2v) is 14.9. The Labute approximate surface area is 297 Å². The SMILES string of the molecule is C=CCn1c(=O)c2cnc(Nc3ccc(N4CCN(C5CC6(CCN(CC(=O)O)CC6)C5)CC4)cc3)nc2n1-c1ccc2c(n1)[C@@](O)(CC)CC2. The highest BCUT2D eigenvalue weighted by atomic mass is 16.4. The molecule has 0 radical (unpaired) electrons. The summed E-state index contributed by atoms with van der Waals surface area (Å²) in [5.74, 6) is 0.152. The first-order valence-corrected chi connectivity index (χ1v) is 18.3. The molecular weight excluding hydrogens is 646 g/mol. The van der Waals surface area contributed by atoms with E-state index < -0.39 is 11.6 Å². The van der Waals surface area contributed by atoms with Gasteiger partial charge in [0.1, 0.15) is 11.0 Å². The number of pyridine rings is 1. The number of allylic oxidation sites excluding steroid dienone is 1. The van der Waals surface area contributed by atoms with Gasteiger partial charge in [0, 0.05) is 49.8 Å². The topological polar surface area (TPSA) is 145 Å². The van der Waals surface area contributed by atoms with Crippen LogP contribution in [0.2, 0.25) is 0 Å². The fourth-order valence-electron chi connectivity index (χ4n) is 8.83. The Kier molecular flexibility index (Phi) is 8.67. The lowest BCUT2D eigenvalue weighted by Crippen LogP contribution is -2.59. The summed E-state index contributed by atoms with van der Waals surface area (Å²) in [6.07, 6.45) is 9.90. The number of piperazine rings is 1. The number of piperidine rings is 1. The number of aryl methyl sites for hydroxylation is 1. The Morgan fingerprint density at radius 2 is 1.76 bits per heavy atom. The minimum atomic E-state index is -0.982. The zero-order valence-electron chi connectivity index (χ0n) is 29.3. The number of fused-ring (bicyclic) bond motifs is 2. The van der Waals surface area contributed by atoms with Gasteiger partial charge in [-0.15, -0.1) is 6.58 Å². The van der Waals surface area contributed by atoms with E-state index in [-0.39, 0.29) is 18.6 Å². The normalized spacial score (nSPS) is 22.3. The number of aliphatic hydroxyl groups is 1. The van der Waals surface area contributed by atoms with Crippen molar-refractivity contribution >= 4 is 34.3 Å². The average molecular weight is 694 g/mol. The molecule has 13 nitrogen and oxygen atoms in total. The van der Waals surface area contributed by atoms with Crippen molar-refractivity contribution in [2.45, 2.75) is 70.1 Å². The van der Waals surface area contributed by atoms with Crippen LogP contribution in [0.1, 0.15) is 56.7 Å². The van der Waals surface area contributed by atoms with E-state index in [0.717, 1.165) is 69.8 Å². The lowest BCUT2D eigenvalue weighted by Gasteiger charge is -2.56. The van der Waals surface area contributed by atoms with E-state index in [2.05, 4.69) is 43.7 Å². The van der Waals surface area contributed by atoms with Gasteiger partial charge in [-0.05, 0) is 99.3 Å². The third-order valence-corrected chi connectivity index (χ3v) is 11.9. The summed E-state index contributed by atoms with van der Waals surface area (Å²) in [5, 5.41) is 24.0. The van der Waals surface area contributed by atoms with Gasteiger partial charge in [0.2, 0.25) is 5.95 Å². The minimum absolute atomic E-state index is 0.164. The zero-order valence-corrected chi connectivity index (χ0v) is 29.3. The highest BCUT2D eigenvalue weighted by Gasteiger charge is 2.48. The lowest BCUT2D eigenvalue weighted by molar-refractivity contribution is -0.139. The van der Waals surface area contributed by atoms with E-state index in [4.69, 9.17) is 15.1 Å². The quantitative estimate of drug-likeness (QED) is 0.208. The molecule has 0 bridgehead atoms. The first kappa shape index (κ1) is 33.5. The molecule has 1 atom stereocenters. The number of aliphatic carboxylic acids is 1. The molecule has 3 fully saturated rings. The molecule has 4 aliphatic rings. The predicted molar refractivity (Wildman–Crippen MR) is 196 cm³/mol. The number of anilines is 3. The minimum Gasteiger partial charge on any atom is -0.480 e. The summed E-state index contributed by atoms with van der Waals surface area (Å²) in [6, 6.07) is 12.8. The van der Waals surface area contributed by atoms with Gasteiger partial charge >= 0.3 is 5.97 Å². The predicted octanol–water partition coefficient (Wildman–Crippen LogP) is 3.90. The summed E-state index contributed by atoms with van der Waals surface area (Å²) in [6.45, 7) is 12.1. The number of hydrogen-bond donors (Lipinski definition) is 3. The van der Waals surface area contributed by atoms with E-state index in [0.29, 0.717) is 52.8 Å². The first-order valence-electron chi connectivity index (χ1n) is 18.3. The fraction of sp³-hybridized carbons (Fsp3) is 0.500. The zero-order chi connectivity index (χ0) is 35.3. The molecule has 2 aliphatic carbocycles. The van der Waals surface area contributed by atoms with Crippen molar-refractivity contribution in [3.05, 3.63) is 76.9 Å². The van der Waals surface area contributed by atoms with Crippen LogP contribution in [0, 0.1) is 5.41 Å². The number of carboxylic acid groups (broad SMARTS) is 1. The molecule has 8 rings (SSSR count). The van der Waals surface area contributed by atoms with Gasteiger partial charge in [0.05, 0.1) is 18.8 Å². The van der Waals surface area contributed by atoms with Crippen molar-refractivity contribution in [3.63, 3.8) is 0 Å². The van der Waals surface area contributed by atoms with Gasteiger partial charge in [0.25, 0.3) is 5.56 Å². The summed E-state index contributed by atoms with van der Waals surface area (Å²) < 4.78 is 3.26. The van der Waals surface area contributed by atoms with E-state index in [1.165, 1.54) is 18.5 Å². The van der Waals surface area contributed by atoms with E-state index in [1.54, 1.807) is 21.6 Å². The molecule has 2 saturated heterocycles. The molecule has 51 heavy (non-hydrogen) atoms. The number of nitrogens with zero attached hydrogens (tertiary/aromatic N) is 8. The number of hydrogen-bond acceptors (Lipinski definition) is 10. The largest absolute Gasteiger partial charge is 0.480 e. The van der Waals surface area contributed by atoms with E-state index in [9.17, 15) is 14.7 Å². The van der Waals surface area contributed by atoms with Crippen LogP contribution in [0.4, 0.5) is 17.3 Å². The summed E-state index contributed by atoms with van der Waals surface area (Å²) in [5.41, 5.74) is 3.35. The highest BCUT2D eigenvalue weighted by molar-refractivity contribution is 5.77. The van der Waals surface area contributed by atoms with E-state index in [1.807, 2.05) is 31.2 Å². The summed E-state index contributed by atoms with van der Waals surface area (Å²) in [7, 11) is 0. The Balaban J connectivity index is 0.927. The van der Waals surface area contributed by atoms with Gasteiger partial charge in [-0.3, -0.25) is 19.4 Å². The lowest BCUT2D eigenvalue weighted by atomic mass is 9.60. The Hall–Kier alpha value is -4.59. The molecule has 1 spiro atoms. The number of benzene rings is 1. The standard InChI is InChI=1S/C38H47N9O4/c1-3-15-46-35(50)30-24-39-36(42-34(30)47(46)31-10-5-26-11-12-38(51,4-2)33(26)41-31)40-27-6-8-28(9-7-27)44-18-20-45(21-19-44)29-22-37(23-29)13-16-43(17-14-37)25-32(48)49/h3,5-10,24,29,51H,1,4,11-23,25H2,2H3,(H,48,49)(H,39,40,42)/t38-/m1/s1. The monoisotopic (exact) mass is 693 g/mol. The van der Waals surface area contributed by atoms with Crippen LogP contribution in [0.3, 0.4) is 0 Å². The number of rotatable bonds is 10. The van der Waals surface area contributed by atoms with Crippen molar-refractivity contribution in [2.24, 2.45) is 5.41 Å². The maximum atomic E-state index is 13.5. The number of carbonyl (C=O) groups is 1. The molecule has 1 saturated carbocycles. The molecule has 3 N–H and O–H groups in total. The molecule has 5 heterocycles. The van der Waals surface area contributed by atoms with Crippen LogP contribution in [-0.4, -0.2) is 102 Å². The number of likely N-dealkylation sites (tertiary alicyclic amines) is 1. The second-order valence-electron chi connectivity index (χ2n) is 14.9. The second kappa shape index (κ2) is 13.2. The molecule has 268 valence electrons. The molecule has 3 aromatic heterocycles. The molecule has 0 unspecified atom stereocenters. The molecular formula is C38H47N9O4. The van der Waals surface area contributed by atoms with Gasteiger partial charge in [0.15, 0.2) is 11.5 Å². The van der Waals surface area contributed by atoms with Crippen LogP contribution in [0.5, 0.6) is 0 Å². The number of carboxylic acids is 1. The molecule has 13 heteroatoms. The molecule has 2 aliphatic heterocycles.